The molecule has 128 valence electrons. The van der Waals surface area contributed by atoms with Crippen LogP contribution in [0.15, 0.2) is 53.2 Å². The minimum absolute atomic E-state index is 0.0394. The van der Waals surface area contributed by atoms with E-state index < -0.39 is 24.2 Å². The Balaban J connectivity index is 1.84. The molecule has 0 radical (unpaired) electrons. The van der Waals surface area contributed by atoms with E-state index in [0.29, 0.717) is 5.56 Å². The number of hydrogen-bond acceptors (Lipinski definition) is 4. The minimum atomic E-state index is -2.95. The Bertz CT molecular complexity index is 876. The summed E-state index contributed by atoms with van der Waals surface area (Å²) in [7, 11) is 0. The van der Waals surface area contributed by atoms with E-state index in [-0.39, 0.29) is 22.9 Å². The molecule has 25 heavy (non-hydrogen) atoms. The molecule has 0 amide bonds. The molecule has 0 saturated heterocycles. The zero-order chi connectivity index (χ0) is 18.0. The average molecular weight is 351 g/mol. The third-order valence-corrected chi connectivity index (χ3v) is 3.19. The SMILES string of the molecule is O=C1OC(c2ccc(OC(F)F)cc2)=NC1=Cc1ccc(F)c(F)c1. The minimum Gasteiger partial charge on any atom is -0.435 e. The lowest BCUT2D eigenvalue weighted by atomic mass is 10.2. The van der Waals surface area contributed by atoms with Crippen LogP contribution in [0.1, 0.15) is 11.1 Å². The molecule has 1 heterocycles. The van der Waals surface area contributed by atoms with E-state index in [2.05, 4.69) is 9.73 Å². The second-order valence-corrected chi connectivity index (χ2v) is 4.91. The first kappa shape index (κ1) is 16.7. The van der Waals surface area contributed by atoms with Gasteiger partial charge < -0.3 is 9.47 Å². The quantitative estimate of drug-likeness (QED) is 0.477. The predicted molar refractivity (Wildman–Crippen MR) is 80.0 cm³/mol. The van der Waals surface area contributed by atoms with Crippen LogP contribution in [0.25, 0.3) is 6.08 Å². The lowest BCUT2D eigenvalue weighted by molar-refractivity contribution is -0.129. The maximum atomic E-state index is 13.2. The Morgan fingerprint density at radius 3 is 2.40 bits per heavy atom. The molecule has 0 aliphatic carbocycles. The molecule has 0 N–H and O–H groups in total. The van der Waals surface area contributed by atoms with E-state index in [9.17, 15) is 22.4 Å². The molecule has 0 bridgehead atoms. The highest BCUT2D eigenvalue weighted by Gasteiger charge is 2.24. The lowest BCUT2D eigenvalue weighted by Crippen LogP contribution is -2.06. The summed E-state index contributed by atoms with van der Waals surface area (Å²) in [6, 6.07) is 8.45. The van der Waals surface area contributed by atoms with Crippen molar-refractivity contribution in [3.05, 3.63) is 70.9 Å². The summed E-state index contributed by atoms with van der Waals surface area (Å²) < 4.78 is 59.5. The monoisotopic (exact) mass is 351 g/mol. The summed E-state index contributed by atoms with van der Waals surface area (Å²) in [5.74, 6) is -2.93. The maximum absolute atomic E-state index is 13.2. The van der Waals surface area contributed by atoms with Gasteiger partial charge in [-0.25, -0.2) is 18.6 Å². The van der Waals surface area contributed by atoms with Crippen molar-refractivity contribution in [1.82, 2.24) is 0 Å². The van der Waals surface area contributed by atoms with Crippen molar-refractivity contribution in [1.29, 1.82) is 0 Å². The molecule has 4 nitrogen and oxygen atoms in total. The molecule has 1 aliphatic heterocycles. The number of benzene rings is 2. The fourth-order valence-electron chi connectivity index (χ4n) is 2.07. The molecule has 1 aliphatic rings. The van der Waals surface area contributed by atoms with Crippen molar-refractivity contribution < 1.29 is 31.8 Å². The van der Waals surface area contributed by atoms with Gasteiger partial charge in [-0.05, 0) is 48.0 Å². The molecule has 0 saturated carbocycles. The largest absolute Gasteiger partial charge is 0.435 e. The Morgan fingerprint density at radius 2 is 1.76 bits per heavy atom. The molecule has 0 unspecified atom stereocenters. The summed E-state index contributed by atoms with van der Waals surface area (Å²) in [6.07, 6.45) is 1.24. The Morgan fingerprint density at radius 1 is 1.04 bits per heavy atom. The van der Waals surface area contributed by atoms with Crippen LogP contribution in [0.2, 0.25) is 0 Å². The van der Waals surface area contributed by atoms with Crippen LogP contribution in [-0.4, -0.2) is 18.5 Å². The third kappa shape index (κ3) is 3.85. The Kier molecular flexibility index (Phi) is 4.51. The zero-order valence-corrected chi connectivity index (χ0v) is 12.4. The van der Waals surface area contributed by atoms with Crippen molar-refractivity contribution in [2.24, 2.45) is 4.99 Å². The first-order valence-electron chi connectivity index (χ1n) is 6.95. The van der Waals surface area contributed by atoms with Gasteiger partial charge in [0.15, 0.2) is 17.3 Å². The van der Waals surface area contributed by atoms with Gasteiger partial charge in [0.1, 0.15) is 5.75 Å². The van der Waals surface area contributed by atoms with E-state index >= 15 is 0 Å². The second-order valence-electron chi connectivity index (χ2n) is 4.91. The number of alkyl halides is 2. The molecule has 3 rings (SSSR count). The third-order valence-electron chi connectivity index (χ3n) is 3.19. The topological polar surface area (TPSA) is 47.9 Å². The highest BCUT2D eigenvalue weighted by Crippen LogP contribution is 2.22. The number of esters is 1. The van der Waals surface area contributed by atoms with E-state index in [1.54, 1.807) is 0 Å². The van der Waals surface area contributed by atoms with Crippen molar-refractivity contribution in [2.75, 3.05) is 0 Å². The Labute approximate surface area is 139 Å². The molecule has 2 aromatic rings. The fraction of sp³-hybridized carbons (Fsp3) is 0.0588. The molecule has 0 fully saturated rings. The highest BCUT2D eigenvalue weighted by molar-refractivity contribution is 6.12. The lowest BCUT2D eigenvalue weighted by Gasteiger charge is -2.04. The van der Waals surface area contributed by atoms with Crippen LogP contribution in [0, 0.1) is 11.6 Å². The van der Waals surface area contributed by atoms with Crippen LogP contribution in [0.5, 0.6) is 5.75 Å². The first-order chi connectivity index (χ1) is 11.9. The van der Waals surface area contributed by atoms with Crippen LogP contribution < -0.4 is 4.74 Å². The summed E-state index contributed by atoms with van der Waals surface area (Å²) in [5.41, 5.74) is 0.495. The fourth-order valence-corrected chi connectivity index (χ4v) is 2.07. The second kappa shape index (κ2) is 6.76. The van der Waals surface area contributed by atoms with Gasteiger partial charge in [-0.2, -0.15) is 8.78 Å². The molecule has 0 aromatic heterocycles. The standard InChI is InChI=1S/C17H9F4NO3/c18-12-6-1-9(7-13(12)19)8-14-16(23)25-15(22-14)10-2-4-11(5-3-10)24-17(20)21/h1-8,17H. The number of hydrogen-bond donors (Lipinski definition) is 0. The van der Waals surface area contributed by atoms with Gasteiger partial charge in [0, 0.05) is 5.56 Å². The number of halogens is 4. The van der Waals surface area contributed by atoms with Gasteiger partial charge in [0.2, 0.25) is 5.90 Å². The van der Waals surface area contributed by atoms with Gasteiger partial charge >= 0.3 is 12.6 Å². The van der Waals surface area contributed by atoms with E-state index in [0.717, 1.165) is 12.1 Å². The van der Waals surface area contributed by atoms with Crippen LogP contribution >= 0.6 is 0 Å². The number of aliphatic imine (C=N–C) groups is 1. The smallest absolute Gasteiger partial charge is 0.387 e. The summed E-state index contributed by atoms with van der Waals surface area (Å²) in [5, 5.41) is 0. The van der Waals surface area contributed by atoms with Crippen LogP contribution in [-0.2, 0) is 9.53 Å². The number of ether oxygens (including phenoxy) is 2. The van der Waals surface area contributed by atoms with Gasteiger partial charge in [-0.3, -0.25) is 0 Å². The van der Waals surface area contributed by atoms with E-state index in [4.69, 9.17) is 4.74 Å². The van der Waals surface area contributed by atoms with Crippen LogP contribution in [0.3, 0.4) is 0 Å². The average Bonchev–Trinajstić information content (AvgIpc) is 2.92. The zero-order valence-electron chi connectivity index (χ0n) is 12.4. The Hall–Kier alpha value is -3.16. The van der Waals surface area contributed by atoms with Crippen LogP contribution in [0.4, 0.5) is 17.6 Å². The summed E-state index contributed by atoms with van der Waals surface area (Å²) >= 11 is 0. The van der Waals surface area contributed by atoms with Crippen molar-refractivity contribution in [3.63, 3.8) is 0 Å². The van der Waals surface area contributed by atoms with E-state index in [1.807, 2.05) is 0 Å². The van der Waals surface area contributed by atoms with Gasteiger partial charge in [0.05, 0.1) is 0 Å². The highest BCUT2D eigenvalue weighted by atomic mass is 19.3. The van der Waals surface area contributed by atoms with Gasteiger partial charge in [-0.15, -0.1) is 0 Å². The molecular formula is C17H9F4NO3. The number of carbonyl (C=O) groups is 1. The van der Waals surface area contributed by atoms with Crippen molar-refractivity contribution in [2.45, 2.75) is 6.61 Å². The molecule has 8 heteroatoms. The molecule has 0 atom stereocenters. The summed E-state index contributed by atoms with van der Waals surface area (Å²) in [6.45, 7) is -2.95. The molecular weight excluding hydrogens is 342 g/mol. The number of nitrogens with zero attached hydrogens (tertiary/aromatic N) is 1. The first-order valence-corrected chi connectivity index (χ1v) is 6.95. The number of carbonyl (C=O) groups excluding carboxylic acids is 1. The number of cyclic esters (lactones) is 1. The van der Waals surface area contributed by atoms with Gasteiger partial charge in [-0.1, -0.05) is 6.07 Å². The number of rotatable bonds is 4. The van der Waals surface area contributed by atoms with Gasteiger partial charge in [0.25, 0.3) is 0 Å². The van der Waals surface area contributed by atoms with Crippen molar-refractivity contribution >= 4 is 17.9 Å². The van der Waals surface area contributed by atoms with Crippen molar-refractivity contribution in [3.8, 4) is 5.75 Å². The normalized spacial score (nSPS) is 15.5. The molecule has 0 spiro atoms. The van der Waals surface area contributed by atoms with E-state index in [1.165, 1.54) is 36.4 Å². The predicted octanol–water partition coefficient (Wildman–Crippen LogP) is 3.91. The summed E-state index contributed by atoms with van der Waals surface area (Å²) in [4.78, 5) is 15.8. The molecule has 2 aromatic carbocycles. The maximum Gasteiger partial charge on any atom is 0.387 e.